The molecular weight excluding hydrogens is 712 g/mol. The number of hydrogen-bond acceptors (Lipinski definition) is 16. The Bertz CT molecular complexity index is 2180. The van der Waals surface area contributed by atoms with Crippen LogP contribution in [0.3, 0.4) is 0 Å². The van der Waals surface area contributed by atoms with Gasteiger partial charge in [0.05, 0.1) is 30.6 Å². The van der Waals surface area contributed by atoms with Crippen molar-refractivity contribution < 1.29 is 55.6 Å². The number of phosphoric ester groups is 2. The monoisotopic (exact) mass is 741 g/mol. The second-order valence-corrected chi connectivity index (χ2v) is 15.3. The molecule has 3 aromatic heterocycles. The van der Waals surface area contributed by atoms with E-state index in [1.165, 1.54) is 27.8 Å². The number of hydrogen-bond donors (Lipinski definition) is 6. The van der Waals surface area contributed by atoms with Crippen molar-refractivity contribution in [3.05, 3.63) is 67.0 Å². The standard InChI is InChI=1S/C25H29N9O12P2S/c26-23-20-24(28-13-27-23)34(14-29-20)25-22(36)21(35)18(45-25)12-44-48(39,40)46-47(37,38)43-11-16-10-33(32-31-16)9-8-30-49(41,42)19-7-3-5-15-4-1-2-6-17(15)19/h1-7,10,13-14,18,21-22,25,30,35-36H,8-9,11-12H2,(H,37,38)(H,39,40)(H2,26,27,28)/t18-,21-,22-,25-/m1/s1. The average molecular weight is 742 g/mol. The molecular formula is C25H29N9O12P2S. The van der Waals surface area contributed by atoms with Crippen LogP contribution >= 0.6 is 15.6 Å². The number of fused-ring (bicyclic) bond motifs is 2. The molecule has 24 heteroatoms. The molecule has 2 aromatic carbocycles. The number of nitrogens with one attached hydrogen (secondary N) is 1. The molecule has 262 valence electrons. The Kier molecular flexibility index (Phi) is 9.93. The van der Waals surface area contributed by atoms with Gasteiger partial charge in [-0.15, -0.1) is 5.10 Å². The Morgan fingerprint density at radius 1 is 1.00 bits per heavy atom. The van der Waals surface area contributed by atoms with Crippen LogP contribution in [0.15, 0.2) is 66.2 Å². The Morgan fingerprint density at radius 3 is 2.57 bits per heavy atom. The predicted octanol–water partition coefficient (Wildman–Crippen LogP) is 0.202. The lowest BCUT2D eigenvalue weighted by Crippen LogP contribution is -2.33. The third-order valence-corrected chi connectivity index (χ3v) is 11.3. The molecule has 6 rings (SSSR count). The number of imidazole rings is 1. The molecule has 49 heavy (non-hydrogen) atoms. The molecule has 1 saturated heterocycles. The molecule has 0 spiro atoms. The number of nitrogens with zero attached hydrogens (tertiary/aromatic N) is 7. The largest absolute Gasteiger partial charge is 0.481 e. The van der Waals surface area contributed by atoms with E-state index >= 15 is 0 Å². The van der Waals surface area contributed by atoms with E-state index in [0.29, 0.717) is 5.39 Å². The maximum Gasteiger partial charge on any atom is 0.481 e. The molecule has 5 aromatic rings. The van der Waals surface area contributed by atoms with Gasteiger partial charge < -0.3 is 30.5 Å². The van der Waals surface area contributed by atoms with Gasteiger partial charge in [-0.2, -0.15) is 4.31 Å². The zero-order chi connectivity index (χ0) is 35.0. The summed E-state index contributed by atoms with van der Waals surface area (Å²) in [5.74, 6) is 0.0637. The number of rotatable bonds is 14. The third-order valence-electron chi connectivity index (χ3n) is 7.24. The van der Waals surface area contributed by atoms with Crippen molar-refractivity contribution in [2.45, 2.75) is 42.6 Å². The molecule has 0 aliphatic carbocycles. The van der Waals surface area contributed by atoms with Crippen LogP contribution in [0.5, 0.6) is 0 Å². The summed E-state index contributed by atoms with van der Waals surface area (Å²) < 4.78 is 75.0. The zero-order valence-corrected chi connectivity index (χ0v) is 27.6. The summed E-state index contributed by atoms with van der Waals surface area (Å²) in [4.78, 5) is 32.1. The number of anilines is 1. The summed E-state index contributed by atoms with van der Waals surface area (Å²) >= 11 is 0. The fourth-order valence-corrected chi connectivity index (χ4v) is 8.26. The van der Waals surface area contributed by atoms with Crippen molar-refractivity contribution in [1.82, 2.24) is 39.2 Å². The number of aliphatic hydroxyl groups is 2. The van der Waals surface area contributed by atoms with Gasteiger partial charge >= 0.3 is 15.6 Å². The molecule has 0 bridgehead atoms. The number of benzene rings is 2. The van der Waals surface area contributed by atoms with E-state index in [1.54, 1.807) is 36.4 Å². The van der Waals surface area contributed by atoms with Gasteiger partial charge in [-0.05, 0) is 11.5 Å². The minimum absolute atomic E-state index is 0.00466. The maximum atomic E-state index is 12.9. The normalized spacial score (nSPS) is 22.4. The Morgan fingerprint density at radius 2 is 1.76 bits per heavy atom. The van der Waals surface area contributed by atoms with Gasteiger partial charge in [0.25, 0.3) is 0 Å². The van der Waals surface area contributed by atoms with E-state index in [4.69, 9.17) is 19.5 Å². The van der Waals surface area contributed by atoms with E-state index in [-0.39, 0.29) is 40.7 Å². The van der Waals surface area contributed by atoms with E-state index in [1.807, 2.05) is 0 Å². The average Bonchev–Trinajstić information content (AvgIpc) is 3.77. The highest BCUT2D eigenvalue weighted by atomic mass is 32.2. The predicted molar refractivity (Wildman–Crippen MR) is 166 cm³/mol. The van der Waals surface area contributed by atoms with Crippen molar-refractivity contribution in [3.8, 4) is 0 Å². The molecule has 1 aliphatic rings. The van der Waals surface area contributed by atoms with E-state index in [0.717, 1.165) is 11.7 Å². The summed E-state index contributed by atoms with van der Waals surface area (Å²) in [6, 6.07) is 12.0. The maximum absolute atomic E-state index is 12.9. The second kappa shape index (κ2) is 13.9. The van der Waals surface area contributed by atoms with Crippen molar-refractivity contribution in [3.63, 3.8) is 0 Å². The van der Waals surface area contributed by atoms with Crippen LogP contribution < -0.4 is 10.5 Å². The fourth-order valence-electron chi connectivity index (χ4n) is 4.96. The Labute approximate surface area is 276 Å². The quantitative estimate of drug-likeness (QED) is 0.0828. The van der Waals surface area contributed by atoms with Gasteiger partial charge in [-0.25, -0.2) is 37.2 Å². The highest BCUT2D eigenvalue weighted by Gasteiger charge is 2.46. The van der Waals surface area contributed by atoms with Crippen LogP contribution in [-0.2, 0) is 50.4 Å². The van der Waals surface area contributed by atoms with Crippen LogP contribution in [0, 0.1) is 0 Å². The molecule has 7 N–H and O–H groups in total. The summed E-state index contributed by atoms with van der Waals surface area (Å²) in [5, 5.41) is 29.8. The molecule has 6 atom stereocenters. The fraction of sp³-hybridized carbons (Fsp3) is 0.320. The minimum Gasteiger partial charge on any atom is -0.387 e. The summed E-state index contributed by atoms with van der Waals surface area (Å²) in [5.41, 5.74) is 6.16. The molecule has 0 radical (unpaired) electrons. The Balaban J connectivity index is 0.978. The minimum atomic E-state index is -5.30. The number of nitrogen functional groups attached to an aromatic ring is 1. The van der Waals surface area contributed by atoms with E-state index in [2.05, 4.69) is 34.3 Å². The first-order valence-corrected chi connectivity index (χ1v) is 18.7. The van der Waals surface area contributed by atoms with Gasteiger partial charge in [0.2, 0.25) is 10.0 Å². The molecule has 21 nitrogen and oxygen atoms in total. The number of phosphoric acid groups is 2. The molecule has 1 fully saturated rings. The molecule has 2 unspecified atom stereocenters. The molecule has 0 amide bonds. The highest BCUT2D eigenvalue weighted by molar-refractivity contribution is 7.89. The van der Waals surface area contributed by atoms with Gasteiger partial charge in [-0.3, -0.25) is 18.3 Å². The topological polar surface area (TPSA) is 298 Å². The summed E-state index contributed by atoms with van der Waals surface area (Å²) in [6.07, 6.45) is -2.15. The van der Waals surface area contributed by atoms with Gasteiger partial charge in [0.1, 0.15) is 42.5 Å². The number of sulfonamides is 1. The van der Waals surface area contributed by atoms with E-state index in [9.17, 15) is 37.5 Å². The third kappa shape index (κ3) is 7.86. The van der Waals surface area contributed by atoms with Gasteiger partial charge in [-0.1, -0.05) is 41.6 Å². The highest BCUT2D eigenvalue weighted by Crippen LogP contribution is 2.60. The first kappa shape index (κ1) is 35.1. The van der Waals surface area contributed by atoms with Crippen LogP contribution in [-0.4, -0.2) is 94.4 Å². The van der Waals surface area contributed by atoms with Gasteiger partial charge in [0, 0.05) is 11.9 Å². The van der Waals surface area contributed by atoms with Crippen molar-refractivity contribution in [2.75, 3.05) is 18.9 Å². The molecule has 4 heterocycles. The van der Waals surface area contributed by atoms with E-state index < -0.39 is 63.4 Å². The van der Waals surface area contributed by atoms with Crippen LogP contribution in [0.4, 0.5) is 5.82 Å². The lowest BCUT2D eigenvalue weighted by Gasteiger charge is -2.19. The van der Waals surface area contributed by atoms with Crippen LogP contribution in [0.25, 0.3) is 21.9 Å². The smallest absolute Gasteiger partial charge is 0.387 e. The first-order chi connectivity index (χ1) is 23.2. The van der Waals surface area contributed by atoms with Crippen LogP contribution in [0.2, 0.25) is 0 Å². The first-order valence-electron chi connectivity index (χ1n) is 14.2. The molecule has 1 aliphatic heterocycles. The van der Waals surface area contributed by atoms with Crippen molar-refractivity contribution in [1.29, 1.82) is 0 Å². The number of nitrogens with two attached hydrogens (primary N) is 1. The lowest BCUT2D eigenvalue weighted by atomic mass is 10.1. The van der Waals surface area contributed by atoms with Crippen molar-refractivity contribution in [2.24, 2.45) is 0 Å². The number of aromatic nitrogens is 7. The van der Waals surface area contributed by atoms with Gasteiger partial charge in [0.15, 0.2) is 17.7 Å². The lowest BCUT2D eigenvalue weighted by molar-refractivity contribution is -0.0504. The molecule has 0 saturated carbocycles. The van der Waals surface area contributed by atoms with Crippen molar-refractivity contribution >= 4 is 53.4 Å². The number of aliphatic hydroxyl groups excluding tert-OH is 2. The van der Waals surface area contributed by atoms with Crippen LogP contribution in [0.1, 0.15) is 11.9 Å². The second-order valence-electron chi connectivity index (χ2n) is 10.6. The zero-order valence-electron chi connectivity index (χ0n) is 25.0. The Hall–Kier alpha value is -3.76. The number of ether oxygens (including phenoxy) is 1. The SMILES string of the molecule is Nc1ncnc2c1ncn2[C@@H]1O[C@H](COP(=O)(O)OP(=O)(O)OCc2cn(CCNS(=O)(=O)c3cccc4ccccc34)nn2)[C@@H](O)[C@H]1O. The summed E-state index contributed by atoms with van der Waals surface area (Å²) in [7, 11) is -14.4. The summed E-state index contributed by atoms with van der Waals surface area (Å²) in [6.45, 7) is -1.58.